The van der Waals surface area contributed by atoms with Crippen molar-refractivity contribution in [3.8, 4) is 0 Å². The lowest BCUT2D eigenvalue weighted by molar-refractivity contribution is -0.153. The molecule has 0 saturated heterocycles. The van der Waals surface area contributed by atoms with Gasteiger partial charge in [-0.25, -0.2) is 4.79 Å². The molecule has 1 unspecified atom stereocenters. The van der Waals surface area contributed by atoms with E-state index < -0.39 is 17.7 Å². The van der Waals surface area contributed by atoms with E-state index in [4.69, 9.17) is 0 Å². The van der Waals surface area contributed by atoms with Crippen molar-refractivity contribution in [1.82, 2.24) is 0 Å². The first-order valence-electron chi connectivity index (χ1n) is 6.80. The van der Waals surface area contributed by atoms with Crippen LogP contribution in [0.4, 0.5) is 0 Å². The molecular weight excluding hydrogens is 268 g/mol. The molecule has 0 heterocycles. The molecule has 1 atom stereocenters. The number of carbonyl (C=O) groups is 3. The van der Waals surface area contributed by atoms with E-state index >= 15 is 0 Å². The van der Waals surface area contributed by atoms with Crippen molar-refractivity contribution in [3.63, 3.8) is 0 Å². The molecule has 0 amide bonds. The number of ketones is 2. The lowest BCUT2D eigenvalue weighted by Gasteiger charge is -2.23. The van der Waals surface area contributed by atoms with Crippen LogP contribution in [0.15, 0.2) is 36.4 Å². The molecule has 1 aliphatic carbocycles. The van der Waals surface area contributed by atoms with Crippen molar-refractivity contribution < 1.29 is 19.1 Å². The van der Waals surface area contributed by atoms with E-state index in [0.29, 0.717) is 18.4 Å². The Morgan fingerprint density at radius 2 is 1.90 bits per heavy atom. The molecule has 0 aromatic heterocycles. The third kappa shape index (κ3) is 2.13. The van der Waals surface area contributed by atoms with Gasteiger partial charge in [0.2, 0.25) is 0 Å². The molecule has 106 valence electrons. The smallest absolute Gasteiger partial charge is 0.375 e. The minimum atomic E-state index is -0.947. The van der Waals surface area contributed by atoms with Gasteiger partial charge in [0.25, 0.3) is 5.78 Å². The van der Waals surface area contributed by atoms with Crippen LogP contribution in [-0.2, 0) is 20.7 Å². The highest BCUT2D eigenvalue weighted by atomic mass is 16.5. The standard InChI is InChI=1S/C17H14O4/c1-21-17(20)16(19)13-9-8-11-7-6-10-4-2-3-5-12(10)14(11)15(13)18/h2-7,13H,8-9H2,1H3. The van der Waals surface area contributed by atoms with Crippen LogP contribution in [0.3, 0.4) is 0 Å². The number of rotatable bonds is 2. The molecule has 0 aliphatic heterocycles. The Kier molecular flexibility index (Phi) is 3.29. The topological polar surface area (TPSA) is 60.4 Å². The zero-order valence-corrected chi connectivity index (χ0v) is 11.6. The van der Waals surface area contributed by atoms with Crippen molar-refractivity contribution in [3.05, 3.63) is 47.5 Å². The van der Waals surface area contributed by atoms with E-state index in [-0.39, 0.29) is 5.78 Å². The first-order valence-corrected chi connectivity index (χ1v) is 6.80. The van der Waals surface area contributed by atoms with Gasteiger partial charge in [0.15, 0.2) is 5.78 Å². The number of hydrogen-bond donors (Lipinski definition) is 0. The summed E-state index contributed by atoms with van der Waals surface area (Å²) in [4.78, 5) is 36.1. The highest BCUT2D eigenvalue weighted by Crippen LogP contribution is 2.32. The number of ether oxygens (including phenoxy) is 1. The fourth-order valence-corrected chi connectivity index (χ4v) is 2.91. The van der Waals surface area contributed by atoms with Gasteiger partial charge in [0.05, 0.1) is 13.0 Å². The summed E-state index contributed by atoms with van der Waals surface area (Å²) in [5.41, 5.74) is 1.51. The summed E-state index contributed by atoms with van der Waals surface area (Å²) in [6.45, 7) is 0. The van der Waals surface area contributed by atoms with E-state index in [9.17, 15) is 14.4 Å². The summed E-state index contributed by atoms with van der Waals surface area (Å²) in [6.07, 6.45) is 0.970. The number of methoxy groups -OCH3 is 1. The molecule has 2 aromatic rings. The monoisotopic (exact) mass is 282 g/mol. The van der Waals surface area contributed by atoms with Crippen LogP contribution >= 0.6 is 0 Å². The average Bonchev–Trinajstić information content (AvgIpc) is 2.53. The van der Waals surface area contributed by atoms with Crippen LogP contribution in [-0.4, -0.2) is 24.6 Å². The first-order chi connectivity index (χ1) is 10.1. The summed E-state index contributed by atoms with van der Waals surface area (Å²) in [6, 6.07) is 11.5. The Morgan fingerprint density at radius 3 is 2.67 bits per heavy atom. The lowest BCUT2D eigenvalue weighted by atomic mass is 9.78. The van der Waals surface area contributed by atoms with Gasteiger partial charge in [-0.2, -0.15) is 0 Å². The molecular formula is C17H14O4. The molecule has 1 aliphatic rings. The lowest BCUT2D eigenvalue weighted by Crippen LogP contribution is -2.34. The summed E-state index contributed by atoms with van der Waals surface area (Å²) in [5.74, 6) is -2.89. The number of benzene rings is 2. The Labute approximate surface area is 121 Å². The van der Waals surface area contributed by atoms with Crippen LogP contribution in [0, 0.1) is 5.92 Å². The molecule has 21 heavy (non-hydrogen) atoms. The zero-order chi connectivity index (χ0) is 15.0. The minimum absolute atomic E-state index is 0.275. The number of esters is 1. The quantitative estimate of drug-likeness (QED) is 0.482. The molecule has 0 spiro atoms. The summed E-state index contributed by atoms with van der Waals surface area (Å²) >= 11 is 0. The Morgan fingerprint density at radius 1 is 1.14 bits per heavy atom. The number of fused-ring (bicyclic) bond motifs is 3. The number of aryl methyl sites for hydroxylation is 1. The SMILES string of the molecule is COC(=O)C(=O)C1CCc2ccc3ccccc3c2C1=O. The highest BCUT2D eigenvalue weighted by Gasteiger charge is 2.37. The summed E-state index contributed by atoms with van der Waals surface area (Å²) < 4.78 is 4.45. The molecule has 3 rings (SSSR count). The predicted molar refractivity (Wildman–Crippen MR) is 77.1 cm³/mol. The van der Waals surface area contributed by atoms with E-state index in [1.54, 1.807) is 0 Å². The maximum atomic E-state index is 12.7. The van der Waals surface area contributed by atoms with E-state index in [0.717, 1.165) is 23.4 Å². The van der Waals surface area contributed by atoms with Crippen LogP contribution in [0.1, 0.15) is 22.3 Å². The molecule has 0 fully saturated rings. The predicted octanol–water partition coefficient (Wildman–Crippen LogP) is 2.33. The van der Waals surface area contributed by atoms with Crippen LogP contribution in [0.25, 0.3) is 10.8 Å². The second kappa shape index (κ2) is 5.13. The average molecular weight is 282 g/mol. The molecule has 0 N–H and O–H groups in total. The first kappa shape index (κ1) is 13.5. The molecule has 4 nitrogen and oxygen atoms in total. The van der Waals surface area contributed by atoms with Gasteiger partial charge in [-0.1, -0.05) is 36.4 Å². The molecule has 2 aromatic carbocycles. The zero-order valence-electron chi connectivity index (χ0n) is 11.6. The summed E-state index contributed by atoms with van der Waals surface area (Å²) in [7, 11) is 1.15. The van der Waals surface area contributed by atoms with Crippen molar-refractivity contribution in [1.29, 1.82) is 0 Å². The fourth-order valence-electron chi connectivity index (χ4n) is 2.91. The second-order valence-corrected chi connectivity index (χ2v) is 5.13. The Bertz CT molecular complexity index is 760. The van der Waals surface area contributed by atoms with Crippen molar-refractivity contribution in [2.75, 3.05) is 7.11 Å². The largest absolute Gasteiger partial charge is 0.463 e. The Balaban J connectivity index is 2.10. The van der Waals surface area contributed by atoms with Crippen molar-refractivity contribution in [2.24, 2.45) is 5.92 Å². The van der Waals surface area contributed by atoms with Crippen LogP contribution in [0.2, 0.25) is 0 Å². The van der Waals surface area contributed by atoms with Gasteiger partial charge in [0, 0.05) is 5.56 Å². The van der Waals surface area contributed by atoms with Gasteiger partial charge >= 0.3 is 5.97 Å². The van der Waals surface area contributed by atoms with E-state index in [1.807, 2.05) is 36.4 Å². The normalized spacial score (nSPS) is 17.4. The maximum Gasteiger partial charge on any atom is 0.375 e. The second-order valence-electron chi connectivity index (χ2n) is 5.13. The Hall–Kier alpha value is -2.49. The molecule has 0 saturated carbocycles. The third-order valence-corrected chi connectivity index (χ3v) is 3.98. The van der Waals surface area contributed by atoms with Gasteiger partial charge in [-0.3, -0.25) is 9.59 Å². The van der Waals surface area contributed by atoms with Gasteiger partial charge in [0.1, 0.15) is 0 Å². The third-order valence-electron chi connectivity index (χ3n) is 3.98. The van der Waals surface area contributed by atoms with E-state index in [2.05, 4.69) is 4.74 Å². The number of Topliss-reactive ketones (excluding diaryl/α,β-unsaturated/α-hetero) is 2. The highest BCUT2D eigenvalue weighted by molar-refractivity contribution is 6.40. The molecule has 0 bridgehead atoms. The van der Waals surface area contributed by atoms with Crippen LogP contribution < -0.4 is 0 Å². The summed E-state index contributed by atoms with van der Waals surface area (Å²) in [5, 5.41) is 1.79. The van der Waals surface area contributed by atoms with Crippen molar-refractivity contribution in [2.45, 2.75) is 12.8 Å². The maximum absolute atomic E-state index is 12.7. The van der Waals surface area contributed by atoms with Gasteiger partial charge in [-0.15, -0.1) is 0 Å². The van der Waals surface area contributed by atoms with Gasteiger partial charge < -0.3 is 4.74 Å². The van der Waals surface area contributed by atoms with Gasteiger partial charge in [-0.05, 0) is 29.2 Å². The van der Waals surface area contributed by atoms with Crippen molar-refractivity contribution >= 4 is 28.3 Å². The molecule has 4 heteroatoms. The minimum Gasteiger partial charge on any atom is -0.463 e. The van der Waals surface area contributed by atoms with Crippen LogP contribution in [0.5, 0.6) is 0 Å². The van der Waals surface area contributed by atoms with E-state index in [1.165, 1.54) is 0 Å². The fraction of sp³-hybridized carbons (Fsp3) is 0.235. The number of carbonyl (C=O) groups excluding carboxylic acids is 3. The molecule has 0 radical (unpaired) electrons. The number of hydrogen-bond acceptors (Lipinski definition) is 4.